The number of nitrogens with one attached hydrogen (secondary N) is 1. The first-order valence-electron chi connectivity index (χ1n) is 8.37. The number of likely N-dealkylation sites (N-methyl/N-ethyl adjacent to an activating group) is 1. The molecule has 2 aromatic heterocycles. The number of sulfonamides is 1. The lowest BCUT2D eigenvalue weighted by atomic mass is 10.2. The summed E-state index contributed by atoms with van der Waals surface area (Å²) in [5, 5.41) is 5.61. The van der Waals surface area contributed by atoms with Gasteiger partial charge in [-0.05, 0) is 33.0 Å². The molecule has 0 atom stereocenters. The Labute approximate surface area is 152 Å². The molecule has 25 heavy (non-hydrogen) atoms. The van der Waals surface area contributed by atoms with Gasteiger partial charge < -0.3 is 14.3 Å². The molecule has 1 N–H and O–H groups in total. The Morgan fingerprint density at radius 1 is 1.28 bits per heavy atom. The van der Waals surface area contributed by atoms with Crippen molar-refractivity contribution in [3.63, 3.8) is 0 Å². The maximum atomic E-state index is 12.4. The molecule has 0 saturated carbocycles. The molecule has 0 spiro atoms. The van der Waals surface area contributed by atoms with Crippen LogP contribution in [0.2, 0.25) is 0 Å². The minimum Gasteiger partial charge on any atom is -0.356 e. The molecule has 138 valence electrons. The maximum Gasteiger partial charge on any atom is 0.250 e. The predicted molar refractivity (Wildman–Crippen MR) is 98.3 cm³/mol. The molecule has 0 aliphatic carbocycles. The van der Waals surface area contributed by atoms with Gasteiger partial charge in [-0.1, -0.05) is 5.16 Å². The summed E-state index contributed by atoms with van der Waals surface area (Å²) in [5.41, 5.74) is 1.51. The number of piperazine rings is 1. The van der Waals surface area contributed by atoms with Crippen molar-refractivity contribution >= 4 is 21.4 Å². The van der Waals surface area contributed by atoms with Crippen molar-refractivity contribution in [3.8, 4) is 11.3 Å². The first-order chi connectivity index (χ1) is 11.9. The highest BCUT2D eigenvalue weighted by molar-refractivity contribution is 7.91. The third-order valence-corrected chi connectivity index (χ3v) is 7.19. The molecule has 1 saturated heterocycles. The van der Waals surface area contributed by atoms with Crippen LogP contribution < -0.4 is 4.72 Å². The number of thiophene rings is 1. The van der Waals surface area contributed by atoms with Crippen LogP contribution in [0.3, 0.4) is 0 Å². The lowest BCUT2D eigenvalue weighted by Crippen LogP contribution is -2.45. The Hall–Kier alpha value is -1.26. The zero-order valence-corrected chi connectivity index (χ0v) is 16.2. The average molecular weight is 385 g/mol. The zero-order chi connectivity index (χ0) is 17.9. The van der Waals surface area contributed by atoms with Crippen molar-refractivity contribution in [3.05, 3.63) is 23.2 Å². The van der Waals surface area contributed by atoms with Crippen LogP contribution in [0, 0.1) is 6.92 Å². The van der Waals surface area contributed by atoms with Crippen molar-refractivity contribution < 1.29 is 12.9 Å². The van der Waals surface area contributed by atoms with Crippen LogP contribution in [0.15, 0.2) is 26.2 Å². The van der Waals surface area contributed by atoms with Gasteiger partial charge in [-0.2, -0.15) is 0 Å². The first kappa shape index (κ1) is 18.5. The van der Waals surface area contributed by atoms with E-state index in [4.69, 9.17) is 4.52 Å². The molecule has 3 heterocycles. The predicted octanol–water partition coefficient (Wildman–Crippen LogP) is 1.63. The Bertz CT molecular complexity index is 792. The number of aryl methyl sites for hydroxylation is 1. The summed E-state index contributed by atoms with van der Waals surface area (Å²) in [4.78, 5) is 4.69. The van der Waals surface area contributed by atoms with Crippen LogP contribution in [-0.2, 0) is 10.0 Å². The summed E-state index contributed by atoms with van der Waals surface area (Å²) in [6.45, 7) is 7.45. The SMILES string of the molecule is Cc1cc(-c2csc(S(=O)(=O)NCCCN3CCN(C)CC3)c2)on1. The van der Waals surface area contributed by atoms with E-state index in [2.05, 4.69) is 26.7 Å². The van der Waals surface area contributed by atoms with E-state index in [0.29, 0.717) is 16.5 Å². The monoisotopic (exact) mass is 384 g/mol. The fraction of sp³-hybridized carbons (Fsp3) is 0.562. The molecule has 0 unspecified atom stereocenters. The molecular weight excluding hydrogens is 360 g/mol. The molecule has 9 heteroatoms. The van der Waals surface area contributed by atoms with Crippen LogP contribution in [-0.4, -0.2) is 69.7 Å². The van der Waals surface area contributed by atoms with E-state index in [1.54, 1.807) is 17.5 Å². The highest BCUT2D eigenvalue weighted by atomic mass is 32.2. The van der Waals surface area contributed by atoms with Gasteiger partial charge in [0, 0.05) is 49.7 Å². The van der Waals surface area contributed by atoms with Crippen molar-refractivity contribution in [2.24, 2.45) is 0 Å². The minimum atomic E-state index is -3.47. The number of hydrogen-bond donors (Lipinski definition) is 1. The molecule has 2 aromatic rings. The number of aromatic nitrogens is 1. The van der Waals surface area contributed by atoms with E-state index >= 15 is 0 Å². The van der Waals surface area contributed by atoms with Crippen LogP contribution in [0.5, 0.6) is 0 Å². The third-order valence-electron chi connectivity index (χ3n) is 4.29. The first-order valence-corrected chi connectivity index (χ1v) is 10.7. The van der Waals surface area contributed by atoms with Crippen LogP contribution >= 0.6 is 11.3 Å². The number of nitrogens with zero attached hydrogens (tertiary/aromatic N) is 3. The van der Waals surface area contributed by atoms with Gasteiger partial charge in [0.05, 0.1) is 5.69 Å². The van der Waals surface area contributed by atoms with Gasteiger partial charge in [0.25, 0.3) is 0 Å². The highest BCUT2D eigenvalue weighted by Gasteiger charge is 2.19. The standard InChI is InChI=1S/C16H24N4O3S2/c1-13-10-15(23-18-13)14-11-16(24-12-14)25(21,22)17-4-3-5-20-8-6-19(2)7-9-20/h10-12,17H,3-9H2,1-2H3. The topological polar surface area (TPSA) is 78.7 Å². The second-order valence-corrected chi connectivity index (χ2v) is 9.29. The van der Waals surface area contributed by atoms with E-state index in [1.165, 1.54) is 11.3 Å². The normalized spacial score (nSPS) is 17.2. The molecule has 1 fully saturated rings. The second-order valence-electron chi connectivity index (χ2n) is 6.38. The van der Waals surface area contributed by atoms with Crippen LogP contribution in [0.4, 0.5) is 0 Å². The number of rotatable bonds is 7. The molecule has 1 aliphatic rings. The molecule has 7 nitrogen and oxygen atoms in total. The highest BCUT2D eigenvalue weighted by Crippen LogP contribution is 2.28. The molecule has 0 radical (unpaired) electrons. The minimum absolute atomic E-state index is 0.302. The summed E-state index contributed by atoms with van der Waals surface area (Å²) in [6, 6.07) is 3.43. The Morgan fingerprint density at radius 2 is 2.04 bits per heavy atom. The van der Waals surface area contributed by atoms with E-state index in [1.807, 2.05) is 6.92 Å². The van der Waals surface area contributed by atoms with Crippen molar-refractivity contribution in [1.29, 1.82) is 0 Å². The lowest BCUT2D eigenvalue weighted by molar-refractivity contribution is 0.153. The average Bonchev–Trinajstić information content (AvgIpc) is 3.22. The summed E-state index contributed by atoms with van der Waals surface area (Å²) >= 11 is 1.19. The lowest BCUT2D eigenvalue weighted by Gasteiger charge is -2.32. The molecule has 1 aliphatic heterocycles. The molecule has 0 amide bonds. The number of hydrogen-bond acceptors (Lipinski definition) is 7. The second kappa shape index (κ2) is 7.96. The van der Waals surface area contributed by atoms with E-state index in [0.717, 1.165) is 50.4 Å². The Morgan fingerprint density at radius 3 is 2.72 bits per heavy atom. The Balaban J connectivity index is 1.49. The quantitative estimate of drug-likeness (QED) is 0.731. The van der Waals surface area contributed by atoms with Gasteiger partial charge in [-0.15, -0.1) is 11.3 Å². The van der Waals surface area contributed by atoms with Gasteiger partial charge in [0.15, 0.2) is 5.76 Å². The summed E-state index contributed by atoms with van der Waals surface area (Å²) in [6.07, 6.45) is 0.808. The summed E-state index contributed by atoms with van der Waals surface area (Å²) in [5.74, 6) is 0.588. The van der Waals surface area contributed by atoms with Gasteiger partial charge in [0.1, 0.15) is 4.21 Å². The van der Waals surface area contributed by atoms with Gasteiger partial charge in [0.2, 0.25) is 10.0 Å². The largest absolute Gasteiger partial charge is 0.356 e. The summed E-state index contributed by atoms with van der Waals surface area (Å²) < 4.78 is 33.0. The van der Waals surface area contributed by atoms with Crippen molar-refractivity contribution in [2.75, 3.05) is 46.3 Å². The van der Waals surface area contributed by atoms with Gasteiger partial charge >= 0.3 is 0 Å². The van der Waals surface area contributed by atoms with Gasteiger partial charge in [-0.25, -0.2) is 13.1 Å². The molecular formula is C16H24N4O3S2. The zero-order valence-electron chi connectivity index (χ0n) is 14.6. The molecule has 0 bridgehead atoms. The van der Waals surface area contributed by atoms with Gasteiger partial charge in [-0.3, -0.25) is 0 Å². The Kier molecular flexibility index (Phi) is 5.90. The van der Waals surface area contributed by atoms with Crippen molar-refractivity contribution in [1.82, 2.24) is 19.7 Å². The molecule has 0 aromatic carbocycles. The van der Waals surface area contributed by atoms with Crippen molar-refractivity contribution in [2.45, 2.75) is 17.6 Å². The maximum absolute atomic E-state index is 12.4. The fourth-order valence-corrected chi connectivity index (χ4v) is 5.03. The molecule has 3 rings (SSSR count). The van der Waals surface area contributed by atoms with E-state index < -0.39 is 10.0 Å². The third kappa shape index (κ3) is 4.89. The smallest absolute Gasteiger partial charge is 0.250 e. The fourth-order valence-electron chi connectivity index (χ4n) is 2.74. The van der Waals surface area contributed by atoms with E-state index in [9.17, 15) is 8.42 Å². The summed E-state index contributed by atoms with van der Waals surface area (Å²) in [7, 11) is -1.35. The van der Waals surface area contributed by atoms with E-state index in [-0.39, 0.29) is 0 Å². The van der Waals surface area contributed by atoms with Crippen LogP contribution in [0.1, 0.15) is 12.1 Å². The van der Waals surface area contributed by atoms with Crippen LogP contribution in [0.25, 0.3) is 11.3 Å².